The van der Waals surface area contributed by atoms with Crippen LogP contribution in [0.4, 0.5) is 0 Å². The minimum Gasteiger partial charge on any atom is -0.378 e. The van der Waals surface area contributed by atoms with Crippen molar-refractivity contribution in [2.75, 3.05) is 13.2 Å². The first kappa shape index (κ1) is 11.6. The van der Waals surface area contributed by atoms with Gasteiger partial charge in [0.25, 0.3) is 0 Å². The summed E-state index contributed by atoms with van der Waals surface area (Å²) in [5.74, 6) is 0. The van der Waals surface area contributed by atoms with E-state index in [1.165, 1.54) is 18.4 Å². The number of hydrogen-bond acceptors (Lipinski definition) is 2. The van der Waals surface area contributed by atoms with Crippen molar-refractivity contribution >= 4 is 0 Å². The van der Waals surface area contributed by atoms with Crippen LogP contribution in [0.3, 0.4) is 0 Å². The van der Waals surface area contributed by atoms with Crippen molar-refractivity contribution < 1.29 is 4.74 Å². The second-order valence-electron chi connectivity index (χ2n) is 4.51. The van der Waals surface area contributed by atoms with Gasteiger partial charge in [-0.1, -0.05) is 30.3 Å². The summed E-state index contributed by atoms with van der Waals surface area (Å²) in [6.07, 6.45) is 4.10. The van der Waals surface area contributed by atoms with E-state index in [0.29, 0.717) is 12.1 Å². The minimum atomic E-state index is 0.433. The topological polar surface area (TPSA) is 21.3 Å². The van der Waals surface area contributed by atoms with E-state index in [1.807, 2.05) is 0 Å². The summed E-state index contributed by atoms with van der Waals surface area (Å²) in [6.45, 7) is 4.21. The molecule has 2 rings (SSSR count). The van der Waals surface area contributed by atoms with E-state index >= 15 is 0 Å². The van der Waals surface area contributed by atoms with Gasteiger partial charge in [0.1, 0.15) is 0 Å². The molecule has 2 nitrogen and oxygen atoms in total. The summed E-state index contributed by atoms with van der Waals surface area (Å²) in [5, 5.41) is 3.55. The van der Waals surface area contributed by atoms with Crippen molar-refractivity contribution in [1.29, 1.82) is 0 Å². The molecule has 0 bridgehead atoms. The summed E-state index contributed by atoms with van der Waals surface area (Å²) in [5.41, 5.74) is 1.36. The molecule has 0 amide bonds. The molecule has 1 saturated heterocycles. The molecule has 0 radical (unpaired) electrons. The molecule has 1 aliphatic heterocycles. The molecule has 0 saturated carbocycles. The molecule has 1 unspecified atom stereocenters. The lowest BCUT2D eigenvalue weighted by Gasteiger charge is -2.16. The first-order chi connectivity index (χ1) is 7.86. The third-order valence-corrected chi connectivity index (χ3v) is 3.24. The molecule has 88 valence electrons. The van der Waals surface area contributed by atoms with Gasteiger partial charge in [0.2, 0.25) is 0 Å². The second-order valence-corrected chi connectivity index (χ2v) is 4.51. The molecular formula is C14H21NO. The molecule has 1 aromatic carbocycles. The highest BCUT2D eigenvalue weighted by molar-refractivity contribution is 5.17. The molecule has 2 atom stereocenters. The zero-order valence-electron chi connectivity index (χ0n) is 9.99. The van der Waals surface area contributed by atoms with Crippen LogP contribution in [-0.2, 0) is 4.74 Å². The van der Waals surface area contributed by atoms with E-state index in [2.05, 4.69) is 42.6 Å². The van der Waals surface area contributed by atoms with Gasteiger partial charge in [-0.2, -0.15) is 0 Å². The first-order valence-electron chi connectivity index (χ1n) is 6.26. The smallest absolute Gasteiger partial charge is 0.0588 e. The molecule has 1 aromatic rings. The highest BCUT2D eigenvalue weighted by Crippen LogP contribution is 2.16. The summed E-state index contributed by atoms with van der Waals surface area (Å²) >= 11 is 0. The largest absolute Gasteiger partial charge is 0.378 e. The SMILES string of the molecule is C[C@H](NCCC1CCCO1)c1ccccc1. The van der Waals surface area contributed by atoms with Crippen LogP contribution in [0.5, 0.6) is 0 Å². The molecule has 1 heterocycles. The highest BCUT2D eigenvalue weighted by atomic mass is 16.5. The summed E-state index contributed by atoms with van der Waals surface area (Å²) in [6, 6.07) is 11.0. The zero-order chi connectivity index (χ0) is 11.2. The maximum Gasteiger partial charge on any atom is 0.0588 e. The van der Waals surface area contributed by atoms with E-state index in [1.54, 1.807) is 0 Å². The average Bonchev–Trinajstić information content (AvgIpc) is 2.83. The number of rotatable bonds is 5. The summed E-state index contributed by atoms with van der Waals surface area (Å²) in [4.78, 5) is 0. The molecule has 0 aliphatic carbocycles. The van der Waals surface area contributed by atoms with Crippen LogP contribution in [0.25, 0.3) is 0 Å². The van der Waals surface area contributed by atoms with Gasteiger partial charge < -0.3 is 10.1 Å². The molecule has 0 spiro atoms. The lowest BCUT2D eigenvalue weighted by atomic mass is 10.1. The van der Waals surface area contributed by atoms with Gasteiger partial charge in [-0.15, -0.1) is 0 Å². The maximum absolute atomic E-state index is 5.60. The van der Waals surface area contributed by atoms with Crippen molar-refractivity contribution in [3.8, 4) is 0 Å². The van der Waals surface area contributed by atoms with Crippen molar-refractivity contribution in [3.63, 3.8) is 0 Å². The Labute approximate surface area is 98.0 Å². The van der Waals surface area contributed by atoms with Gasteiger partial charge in [0.15, 0.2) is 0 Å². The molecule has 16 heavy (non-hydrogen) atoms. The molecule has 0 aromatic heterocycles. The maximum atomic E-state index is 5.60. The van der Waals surface area contributed by atoms with Gasteiger partial charge in [0, 0.05) is 12.6 Å². The Morgan fingerprint density at radius 3 is 2.88 bits per heavy atom. The highest BCUT2D eigenvalue weighted by Gasteiger charge is 2.15. The fourth-order valence-electron chi connectivity index (χ4n) is 2.19. The molecule has 1 aliphatic rings. The monoisotopic (exact) mass is 219 g/mol. The first-order valence-corrected chi connectivity index (χ1v) is 6.26. The van der Waals surface area contributed by atoms with Crippen molar-refractivity contribution in [2.45, 2.75) is 38.3 Å². The minimum absolute atomic E-state index is 0.433. The molecule has 2 heteroatoms. The van der Waals surface area contributed by atoms with Crippen LogP contribution in [0.1, 0.15) is 37.8 Å². The van der Waals surface area contributed by atoms with Crippen LogP contribution in [0.15, 0.2) is 30.3 Å². The number of nitrogens with one attached hydrogen (secondary N) is 1. The van der Waals surface area contributed by atoms with Gasteiger partial charge >= 0.3 is 0 Å². The van der Waals surface area contributed by atoms with Crippen LogP contribution < -0.4 is 5.32 Å². The lowest BCUT2D eigenvalue weighted by Crippen LogP contribution is -2.23. The molecule has 1 fully saturated rings. The zero-order valence-corrected chi connectivity index (χ0v) is 9.99. The third-order valence-electron chi connectivity index (χ3n) is 3.24. The fraction of sp³-hybridized carbons (Fsp3) is 0.571. The number of ether oxygens (including phenoxy) is 1. The van der Waals surface area contributed by atoms with Crippen LogP contribution in [0.2, 0.25) is 0 Å². The van der Waals surface area contributed by atoms with Gasteiger partial charge in [-0.25, -0.2) is 0 Å². The van der Waals surface area contributed by atoms with Crippen LogP contribution in [-0.4, -0.2) is 19.3 Å². The van der Waals surface area contributed by atoms with E-state index in [0.717, 1.165) is 19.6 Å². The Morgan fingerprint density at radius 2 is 2.19 bits per heavy atom. The quantitative estimate of drug-likeness (QED) is 0.822. The Balaban J connectivity index is 1.69. The summed E-state index contributed by atoms with van der Waals surface area (Å²) < 4.78 is 5.60. The predicted octanol–water partition coefficient (Wildman–Crippen LogP) is 2.91. The van der Waals surface area contributed by atoms with Crippen molar-refractivity contribution in [2.24, 2.45) is 0 Å². The average molecular weight is 219 g/mol. The van der Waals surface area contributed by atoms with E-state index in [9.17, 15) is 0 Å². The Bertz CT molecular complexity index is 293. The number of hydrogen-bond donors (Lipinski definition) is 1. The van der Waals surface area contributed by atoms with Crippen molar-refractivity contribution in [1.82, 2.24) is 5.32 Å². The molecule has 1 N–H and O–H groups in total. The Morgan fingerprint density at radius 1 is 1.38 bits per heavy atom. The summed E-state index contributed by atoms with van der Waals surface area (Å²) in [7, 11) is 0. The van der Waals surface area contributed by atoms with Crippen molar-refractivity contribution in [3.05, 3.63) is 35.9 Å². The predicted molar refractivity (Wildman–Crippen MR) is 66.5 cm³/mol. The number of benzene rings is 1. The van der Waals surface area contributed by atoms with E-state index in [-0.39, 0.29) is 0 Å². The third kappa shape index (κ3) is 3.32. The molecular weight excluding hydrogens is 198 g/mol. The fourth-order valence-corrected chi connectivity index (χ4v) is 2.19. The normalized spacial score (nSPS) is 22.2. The standard InChI is InChI=1S/C14H21NO/c1-12(13-6-3-2-4-7-13)15-10-9-14-8-5-11-16-14/h2-4,6-7,12,14-15H,5,8-11H2,1H3/t12-,14?/m0/s1. The second kappa shape index (κ2) is 6.02. The Hall–Kier alpha value is -0.860. The van der Waals surface area contributed by atoms with E-state index < -0.39 is 0 Å². The van der Waals surface area contributed by atoms with Gasteiger partial charge in [0.05, 0.1) is 6.10 Å². The van der Waals surface area contributed by atoms with Gasteiger partial charge in [-0.3, -0.25) is 0 Å². The van der Waals surface area contributed by atoms with Crippen LogP contribution >= 0.6 is 0 Å². The Kier molecular flexibility index (Phi) is 4.37. The lowest BCUT2D eigenvalue weighted by molar-refractivity contribution is 0.103. The van der Waals surface area contributed by atoms with Crippen LogP contribution in [0, 0.1) is 0 Å². The van der Waals surface area contributed by atoms with E-state index in [4.69, 9.17) is 4.74 Å². The van der Waals surface area contributed by atoms with Gasteiger partial charge in [-0.05, 0) is 38.3 Å².